The molecule has 0 fully saturated rings. The van der Waals surface area contributed by atoms with Gasteiger partial charge in [0.15, 0.2) is 5.82 Å². The third-order valence-electron chi connectivity index (χ3n) is 3.23. The molecule has 5 nitrogen and oxygen atoms in total. The predicted molar refractivity (Wildman–Crippen MR) is 83.0 cm³/mol. The minimum absolute atomic E-state index is 0.646. The predicted octanol–water partition coefficient (Wildman–Crippen LogP) is 3.67. The summed E-state index contributed by atoms with van der Waals surface area (Å²) in [4.78, 5) is 4.61. The number of benzene rings is 2. The first-order valence-corrected chi connectivity index (χ1v) is 6.80. The molecule has 0 unspecified atom stereocenters. The molecule has 0 saturated carbocycles. The van der Waals surface area contributed by atoms with Crippen LogP contribution >= 0.6 is 11.6 Å². The molecule has 21 heavy (non-hydrogen) atoms. The van der Waals surface area contributed by atoms with Crippen LogP contribution in [0.4, 0.5) is 11.5 Å². The fraction of sp³-hybridized carbons (Fsp3) is 0. The highest BCUT2D eigenvalue weighted by atomic mass is 35.5. The van der Waals surface area contributed by atoms with Crippen molar-refractivity contribution in [2.75, 3.05) is 5.32 Å². The first-order chi connectivity index (χ1) is 10.3. The van der Waals surface area contributed by atoms with Gasteiger partial charge >= 0.3 is 0 Å². The van der Waals surface area contributed by atoms with Crippen LogP contribution in [0.3, 0.4) is 0 Å². The van der Waals surface area contributed by atoms with E-state index in [0.717, 1.165) is 16.7 Å². The monoisotopic (exact) mass is 295 g/mol. The van der Waals surface area contributed by atoms with Gasteiger partial charge in [-0.05, 0) is 30.3 Å². The summed E-state index contributed by atoms with van der Waals surface area (Å²) in [5, 5.41) is 12.0. The Morgan fingerprint density at radius 1 is 1.05 bits per heavy atom. The molecule has 0 spiro atoms. The number of anilines is 2. The maximum atomic E-state index is 6.06. The van der Waals surface area contributed by atoms with Gasteiger partial charge in [0.2, 0.25) is 5.65 Å². The summed E-state index contributed by atoms with van der Waals surface area (Å²) in [7, 11) is 0. The Morgan fingerprint density at radius 3 is 2.76 bits per heavy atom. The van der Waals surface area contributed by atoms with Gasteiger partial charge in [0.05, 0.1) is 11.0 Å². The van der Waals surface area contributed by atoms with Crippen LogP contribution in [0, 0.1) is 0 Å². The molecular formula is C15H10ClN5. The summed E-state index contributed by atoms with van der Waals surface area (Å²) in [6, 6.07) is 15.4. The summed E-state index contributed by atoms with van der Waals surface area (Å²) in [6.45, 7) is 0. The Hall–Kier alpha value is -2.66. The molecule has 4 rings (SSSR count). The molecule has 0 aliphatic heterocycles. The maximum absolute atomic E-state index is 6.06. The zero-order valence-electron chi connectivity index (χ0n) is 10.9. The minimum Gasteiger partial charge on any atom is -0.337 e. The van der Waals surface area contributed by atoms with Crippen LogP contribution in [-0.2, 0) is 0 Å². The average molecular weight is 296 g/mol. The van der Waals surface area contributed by atoms with Gasteiger partial charge in [0.25, 0.3) is 0 Å². The molecular weight excluding hydrogens is 286 g/mol. The van der Waals surface area contributed by atoms with Gasteiger partial charge in [-0.25, -0.2) is 4.98 Å². The van der Waals surface area contributed by atoms with Crippen LogP contribution in [0.25, 0.3) is 16.7 Å². The first kappa shape index (κ1) is 12.1. The fourth-order valence-corrected chi connectivity index (χ4v) is 2.44. The molecule has 2 aromatic carbocycles. The molecule has 0 atom stereocenters. The van der Waals surface area contributed by atoms with Crippen LogP contribution in [-0.4, -0.2) is 19.6 Å². The average Bonchev–Trinajstić information content (AvgIpc) is 2.98. The van der Waals surface area contributed by atoms with Crippen molar-refractivity contribution in [2.24, 2.45) is 0 Å². The van der Waals surface area contributed by atoms with Crippen LogP contribution < -0.4 is 5.32 Å². The molecule has 0 bridgehead atoms. The van der Waals surface area contributed by atoms with E-state index in [0.29, 0.717) is 16.5 Å². The normalized spacial score (nSPS) is 11.1. The first-order valence-electron chi connectivity index (χ1n) is 6.42. The maximum Gasteiger partial charge on any atom is 0.204 e. The molecule has 4 aromatic rings. The summed E-state index contributed by atoms with van der Waals surface area (Å²) in [5.74, 6) is 0.647. The fourth-order valence-electron chi connectivity index (χ4n) is 2.28. The van der Waals surface area contributed by atoms with E-state index >= 15 is 0 Å². The Morgan fingerprint density at radius 2 is 1.90 bits per heavy atom. The van der Waals surface area contributed by atoms with Crippen LogP contribution in [0.2, 0.25) is 5.02 Å². The summed E-state index contributed by atoms with van der Waals surface area (Å²) in [5.41, 5.74) is 3.32. The lowest BCUT2D eigenvalue weighted by Gasteiger charge is -2.09. The summed E-state index contributed by atoms with van der Waals surface area (Å²) < 4.78 is 1.89. The molecule has 1 N–H and O–H groups in total. The van der Waals surface area contributed by atoms with E-state index in [1.807, 2.05) is 52.9 Å². The number of para-hydroxylation sites is 1. The number of fused-ring (bicyclic) bond motifs is 3. The van der Waals surface area contributed by atoms with Crippen LogP contribution in [0.1, 0.15) is 0 Å². The van der Waals surface area contributed by atoms with E-state index in [1.165, 1.54) is 0 Å². The van der Waals surface area contributed by atoms with Gasteiger partial charge in [-0.1, -0.05) is 29.8 Å². The van der Waals surface area contributed by atoms with Gasteiger partial charge < -0.3 is 5.32 Å². The van der Waals surface area contributed by atoms with Crippen molar-refractivity contribution in [3.05, 3.63) is 59.9 Å². The second-order valence-corrected chi connectivity index (χ2v) is 5.05. The summed E-state index contributed by atoms with van der Waals surface area (Å²) in [6.07, 6.45) is 1.67. The standard InChI is InChI=1S/C15H10ClN5/c16-10-6-7-13-12(8-10)19-14(15-20-17-9-21(13)15)18-11-4-2-1-3-5-11/h1-9H,(H,18,19). The van der Waals surface area contributed by atoms with Crippen molar-refractivity contribution >= 4 is 39.8 Å². The number of nitrogens with zero attached hydrogens (tertiary/aromatic N) is 4. The number of nitrogens with one attached hydrogen (secondary N) is 1. The van der Waals surface area contributed by atoms with Crippen LogP contribution in [0.5, 0.6) is 0 Å². The third kappa shape index (κ3) is 2.08. The van der Waals surface area contributed by atoms with Gasteiger partial charge in [0, 0.05) is 10.7 Å². The lowest BCUT2D eigenvalue weighted by atomic mass is 10.3. The molecule has 0 aliphatic rings. The molecule has 0 radical (unpaired) electrons. The van der Waals surface area contributed by atoms with Gasteiger partial charge in [-0.3, -0.25) is 4.40 Å². The molecule has 2 heterocycles. The highest BCUT2D eigenvalue weighted by Gasteiger charge is 2.10. The van der Waals surface area contributed by atoms with Crippen molar-refractivity contribution in [3.8, 4) is 0 Å². The van der Waals surface area contributed by atoms with Crippen molar-refractivity contribution in [1.29, 1.82) is 0 Å². The molecule has 2 aromatic heterocycles. The quantitative estimate of drug-likeness (QED) is 0.613. The van der Waals surface area contributed by atoms with Gasteiger partial charge in [0.1, 0.15) is 6.33 Å². The zero-order chi connectivity index (χ0) is 14.2. The summed E-state index contributed by atoms with van der Waals surface area (Å²) >= 11 is 6.06. The molecule has 0 saturated heterocycles. The number of rotatable bonds is 2. The van der Waals surface area contributed by atoms with Crippen molar-refractivity contribution in [3.63, 3.8) is 0 Å². The highest BCUT2D eigenvalue weighted by Crippen LogP contribution is 2.24. The molecule has 0 aliphatic carbocycles. The van der Waals surface area contributed by atoms with E-state index in [4.69, 9.17) is 11.6 Å². The van der Waals surface area contributed by atoms with Crippen molar-refractivity contribution in [2.45, 2.75) is 0 Å². The Bertz CT molecular complexity index is 933. The Labute approximate surface area is 125 Å². The molecule has 102 valence electrons. The third-order valence-corrected chi connectivity index (χ3v) is 3.46. The number of aromatic nitrogens is 4. The van der Waals surface area contributed by atoms with Crippen molar-refractivity contribution < 1.29 is 0 Å². The van der Waals surface area contributed by atoms with Crippen LogP contribution in [0.15, 0.2) is 54.9 Å². The van der Waals surface area contributed by atoms with E-state index in [2.05, 4.69) is 20.5 Å². The Balaban J connectivity index is 1.96. The van der Waals surface area contributed by atoms with Gasteiger partial charge in [-0.2, -0.15) is 0 Å². The number of halogens is 1. The molecule has 0 amide bonds. The number of hydrogen-bond donors (Lipinski definition) is 1. The Kier molecular flexibility index (Phi) is 2.72. The topological polar surface area (TPSA) is 55.1 Å². The second-order valence-electron chi connectivity index (χ2n) is 4.61. The minimum atomic E-state index is 0.646. The smallest absolute Gasteiger partial charge is 0.204 e. The van der Waals surface area contributed by atoms with Gasteiger partial charge in [-0.15, -0.1) is 10.2 Å². The zero-order valence-corrected chi connectivity index (χ0v) is 11.6. The number of hydrogen-bond acceptors (Lipinski definition) is 4. The highest BCUT2D eigenvalue weighted by molar-refractivity contribution is 6.31. The van der Waals surface area contributed by atoms with E-state index in [1.54, 1.807) is 6.33 Å². The lowest BCUT2D eigenvalue weighted by molar-refractivity contribution is 1.11. The SMILES string of the molecule is Clc1ccc2c(c1)nc(Nc1ccccc1)c1nncn12. The molecule has 6 heteroatoms. The van der Waals surface area contributed by atoms with E-state index < -0.39 is 0 Å². The van der Waals surface area contributed by atoms with E-state index in [-0.39, 0.29) is 0 Å². The van der Waals surface area contributed by atoms with Crippen molar-refractivity contribution in [1.82, 2.24) is 19.6 Å². The van der Waals surface area contributed by atoms with E-state index in [9.17, 15) is 0 Å². The largest absolute Gasteiger partial charge is 0.337 e. The second kappa shape index (κ2) is 4.71. The lowest BCUT2D eigenvalue weighted by Crippen LogP contribution is -1.99.